The highest BCUT2D eigenvalue weighted by molar-refractivity contribution is 6.01. The van der Waals surface area contributed by atoms with Crippen LogP contribution in [-0.4, -0.2) is 47.4 Å². The highest BCUT2D eigenvalue weighted by Crippen LogP contribution is 2.20. The number of hydrogen-bond donors (Lipinski definition) is 4. The highest BCUT2D eigenvalue weighted by Gasteiger charge is 2.39. The summed E-state index contributed by atoms with van der Waals surface area (Å²) in [4.78, 5) is 46.1. The van der Waals surface area contributed by atoms with Crippen molar-refractivity contribution in [2.24, 2.45) is 10.2 Å². The van der Waals surface area contributed by atoms with E-state index in [-0.39, 0.29) is 36.0 Å². The van der Waals surface area contributed by atoms with E-state index < -0.39 is 24.2 Å². The van der Waals surface area contributed by atoms with Crippen molar-refractivity contribution < 1.29 is 45.5 Å². The molecule has 0 unspecified atom stereocenters. The summed E-state index contributed by atoms with van der Waals surface area (Å²) in [5.74, 6) is -4.84. The number of amides is 4. The van der Waals surface area contributed by atoms with E-state index in [4.69, 9.17) is 0 Å². The molecule has 44 heavy (non-hydrogen) atoms. The van der Waals surface area contributed by atoms with Crippen LogP contribution in [0, 0.1) is 0 Å². The Bertz CT molecular complexity index is 1270. The number of anilines is 2. The Morgan fingerprint density at radius 3 is 1.18 bits per heavy atom. The summed E-state index contributed by atoms with van der Waals surface area (Å²) < 4.78 is 74.0. The molecule has 4 N–H and O–H groups in total. The minimum absolute atomic E-state index is 0.0411. The van der Waals surface area contributed by atoms with Gasteiger partial charge in [0.25, 0.3) is 0 Å². The Balaban J connectivity index is 1.64. The number of halogens is 6. The van der Waals surface area contributed by atoms with Crippen molar-refractivity contribution in [3.05, 3.63) is 59.7 Å². The summed E-state index contributed by atoms with van der Waals surface area (Å²) in [6, 6.07) is 10.9. The number of alkyl halides is 6. The number of carbonyl (C=O) groups is 4. The van der Waals surface area contributed by atoms with Crippen LogP contribution in [-0.2, 0) is 19.2 Å². The van der Waals surface area contributed by atoms with Gasteiger partial charge in [0.05, 0.1) is 11.4 Å². The number of unbranched alkanes of at least 4 members (excludes halogenated alkanes) is 3. The van der Waals surface area contributed by atoms with Gasteiger partial charge in [-0.3, -0.25) is 19.2 Å². The molecule has 2 aromatic carbocycles. The number of hydrogen-bond acceptors (Lipinski definition) is 6. The number of nitrogens with zero attached hydrogens (tertiary/aromatic N) is 2. The fourth-order valence-electron chi connectivity index (χ4n) is 3.45. The lowest BCUT2D eigenvalue weighted by Crippen LogP contribution is -2.29. The molecule has 0 atom stereocenters. The molecule has 0 bridgehead atoms. The van der Waals surface area contributed by atoms with Crippen molar-refractivity contribution >= 4 is 46.4 Å². The second kappa shape index (κ2) is 16.2. The van der Waals surface area contributed by atoms with Crippen LogP contribution in [0.25, 0.3) is 0 Å². The smallest absolute Gasteiger partial charge is 0.318 e. The van der Waals surface area contributed by atoms with Crippen LogP contribution >= 0.6 is 0 Å². The van der Waals surface area contributed by atoms with Gasteiger partial charge in [-0.05, 0) is 62.1 Å². The molecule has 4 amide bonds. The minimum atomic E-state index is -5.00. The lowest BCUT2D eigenvalue weighted by molar-refractivity contribution is -0.167. The van der Waals surface area contributed by atoms with Crippen molar-refractivity contribution in [2.75, 3.05) is 10.6 Å². The van der Waals surface area contributed by atoms with Crippen LogP contribution in [0.2, 0.25) is 0 Å². The van der Waals surface area contributed by atoms with E-state index >= 15 is 0 Å². The molecule has 10 nitrogen and oxygen atoms in total. The molecule has 0 fully saturated rings. The van der Waals surface area contributed by atoms with Gasteiger partial charge >= 0.3 is 24.2 Å². The third-order valence-electron chi connectivity index (χ3n) is 5.89. The summed E-state index contributed by atoms with van der Waals surface area (Å²) in [5.41, 5.74) is 6.59. The maximum Gasteiger partial charge on any atom is 0.471 e. The molecule has 0 aliphatic carbocycles. The summed E-state index contributed by atoms with van der Waals surface area (Å²) in [7, 11) is 0. The van der Waals surface area contributed by atoms with E-state index in [0.29, 0.717) is 48.2 Å². The quantitative estimate of drug-likeness (QED) is 0.102. The molecule has 0 spiro atoms. The molecule has 0 aliphatic rings. The molecular formula is C28H30F6N6O4. The van der Waals surface area contributed by atoms with E-state index in [2.05, 4.69) is 21.1 Å². The van der Waals surface area contributed by atoms with Gasteiger partial charge in [-0.1, -0.05) is 37.1 Å². The predicted molar refractivity (Wildman–Crippen MR) is 151 cm³/mol. The zero-order chi connectivity index (χ0) is 32.9. The van der Waals surface area contributed by atoms with Gasteiger partial charge in [-0.15, -0.1) is 0 Å². The number of rotatable bonds is 13. The fourth-order valence-corrected chi connectivity index (χ4v) is 3.45. The van der Waals surface area contributed by atoms with Crippen LogP contribution in [0.1, 0.15) is 63.5 Å². The molecule has 238 valence electrons. The molecule has 0 aliphatic heterocycles. The SMILES string of the molecule is C/C(=N\NC(=O)CCCCCCC(=O)N/N=C(\C)c1ccc(NC(=O)C(F)(F)F)cc1)c1ccc(NC(=O)C(F)(F)F)cc1. The predicted octanol–water partition coefficient (Wildman–Crippen LogP) is 5.41. The Labute approximate surface area is 248 Å². The first-order valence-corrected chi connectivity index (χ1v) is 13.2. The van der Waals surface area contributed by atoms with Crippen LogP contribution in [0.3, 0.4) is 0 Å². The standard InChI is InChI=1S/C28H30F6N6O4/c1-17(19-9-13-21(14-10-19)35-25(43)27(29,30)31)37-39-23(41)7-5-3-4-6-8-24(42)40-38-18(2)20-11-15-22(16-12-20)36-26(44)28(32,33)34/h9-16H,3-8H2,1-2H3,(H,35,43)(H,36,44)(H,39,41)(H,40,42)/b37-17+,38-18+. The average molecular weight is 629 g/mol. The molecule has 0 saturated carbocycles. The first-order valence-electron chi connectivity index (χ1n) is 13.2. The number of hydrazone groups is 2. The van der Waals surface area contributed by atoms with Crippen LogP contribution < -0.4 is 21.5 Å². The normalized spacial score (nSPS) is 12.4. The Morgan fingerprint density at radius 1 is 0.568 bits per heavy atom. The average Bonchev–Trinajstić information content (AvgIpc) is 2.96. The van der Waals surface area contributed by atoms with E-state index in [1.54, 1.807) is 24.5 Å². The molecule has 2 aromatic rings. The van der Waals surface area contributed by atoms with E-state index in [1.165, 1.54) is 48.5 Å². The van der Waals surface area contributed by atoms with E-state index in [1.807, 2.05) is 0 Å². The van der Waals surface area contributed by atoms with Crippen LogP contribution in [0.15, 0.2) is 58.7 Å². The van der Waals surface area contributed by atoms with Crippen molar-refractivity contribution in [2.45, 2.75) is 64.7 Å². The Kier molecular flexibility index (Phi) is 13.0. The van der Waals surface area contributed by atoms with Gasteiger partial charge < -0.3 is 10.6 Å². The first kappa shape index (κ1) is 35.4. The Morgan fingerprint density at radius 2 is 0.886 bits per heavy atom. The van der Waals surface area contributed by atoms with Gasteiger partial charge in [0.15, 0.2) is 0 Å². The molecular weight excluding hydrogens is 598 g/mol. The number of benzene rings is 2. The van der Waals surface area contributed by atoms with Gasteiger partial charge in [0.1, 0.15) is 0 Å². The summed E-state index contributed by atoms with van der Waals surface area (Å²) >= 11 is 0. The van der Waals surface area contributed by atoms with E-state index in [0.717, 1.165) is 0 Å². The summed E-state index contributed by atoms with van der Waals surface area (Å²) in [6.07, 6.45) is -7.18. The zero-order valence-corrected chi connectivity index (χ0v) is 23.7. The maximum atomic E-state index is 12.3. The van der Waals surface area contributed by atoms with Gasteiger partial charge in [0, 0.05) is 24.2 Å². The maximum absolute atomic E-state index is 12.3. The molecule has 16 heteroatoms. The molecule has 0 aromatic heterocycles. The van der Waals surface area contributed by atoms with Crippen molar-refractivity contribution in [1.82, 2.24) is 10.9 Å². The highest BCUT2D eigenvalue weighted by atomic mass is 19.4. The fraction of sp³-hybridized carbons (Fsp3) is 0.357. The van der Waals surface area contributed by atoms with Crippen molar-refractivity contribution in [3.63, 3.8) is 0 Å². The molecule has 0 saturated heterocycles. The molecule has 2 rings (SSSR count). The van der Waals surface area contributed by atoms with Gasteiger partial charge in [-0.2, -0.15) is 36.5 Å². The first-order chi connectivity index (χ1) is 20.6. The topological polar surface area (TPSA) is 141 Å². The monoisotopic (exact) mass is 628 g/mol. The minimum Gasteiger partial charge on any atom is -0.318 e. The summed E-state index contributed by atoms with van der Waals surface area (Å²) in [6.45, 7) is 3.19. The second-order valence-corrected chi connectivity index (χ2v) is 9.44. The van der Waals surface area contributed by atoms with Gasteiger partial charge in [-0.25, -0.2) is 10.9 Å². The third kappa shape index (κ3) is 12.6. The van der Waals surface area contributed by atoms with Crippen molar-refractivity contribution in [3.8, 4) is 0 Å². The summed E-state index contributed by atoms with van der Waals surface area (Å²) in [5, 5.41) is 11.4. The zero-order valence-electron chi connectivity index (χ0n) is 23.7. The number of nitrogens with one attached hydrogen (secondary N) is 4. The third-order valence-corrected chi connectivity index (χ3v) is 5.89. The lowest BCUT2D eigenvalue weighted by Gasteiger charge is -2.09. The van der Waals surface area contributed by atoms with E-state index in [9.17, 15) is 45.5 Å². The molecule has 0 radical (unpaired) electrons. The van der Waals surface area contributed by atoms with Crippen molar-refractivity contribution in [1.29, 1.82) is 0 Å². The van der Waals surface area contributed by atoms with Crippen LogP contribution in [0.4, 0.5) is 37.7 Å². The second-order valence-electron chi connectivity index (χ2n) is 9.44. The largest absolute Gasteiger partial charge is 0.471 e. The number of carbonyl (C=O) groups excluding carboxylic acids is 4. The van der Waals surface area contributed by atoms with Gasteiger partial charge in [0.2, 0.25) is 11.8 Å². The van der Waals surface area contributed by atoms with Crippen LogP contribution in [0.5, 0.6) is 0 Å². The Hall–Kier alpha value is -4.76. The lowest BCUT2D eigenvalue weighted by atomic mass is 10.1. The molecule has 0 heterocycles.